The molecule has 1 aliphatic heterocycles. The van der Waals surface area contributed by atoms with Crippen LogP contribution in [0.3, 0.4) is 0 Å². The Balaban J connectivity index is 2.32. The van der Waals surface area contributed by atoms with Crippen molar-refractivity contribution >= 4 is 12.0 Å². The summed E-state index contributed by atoms with van der Waals surface area (Å²) in [5.74, 6) is -0.313. The first-order valence-electron chi connectivity index (χ1n) is 6.03. The van der Waals surface area contributed by atoms with E-state index in [1.54, 1.807) is 25.3 Å². The lowest BCUT2D eigenvalue weighted by Gasteiger charge is -2.25. The molecule has 102 valence electrons. The summed E-state index contributed by atoms with van der Waals surface area (Å²) >= 11 is 0. The second kappa shape index (κ2) is 6.36. The molecule has 5 nitrogen and oxygen atoms in total. The maximum absolute atomic E-state index is 10.6. The number of hydrogen-bond acceptors (Lipinski definition) is 4. The van der Waals surface area contributed by atoms with Crippen molar-refractivity contribution in [3.63, 3.8) is 0 Å². The van der Waals surface area contributed by atoms with Crippen LogP contribution in [0.25, 0.3) is 6.08 Å². The second-order valence-electron chi connectivity index (χ2n) is 4.09. The van der Waals surface area contributed by atoms with Gasteiger partial charge in [0.1, 0.15) is 5.75 Å². The van der Waals surface area contributed by atoms with Crippen molar-refractivity contribution in [3.8, 4) is 5.75 Å². The van der Waals surface area contributed by atoms with E-state index >= 15 is 0 Å². The lowest BCUT2D eigenvalue weighted by atomic mass is 10.1. The highest BCUT2D eigenvalue weighted by molar-refractivity contribution is 5.85. The zero-order chi connectivity index (χ0) is 13.7. The number of carboxylic acids is 1. The average Bonchev–Trinajstić information content (AvgIpc) is 2.46. The normalized spacial score (nSPS) is 16.7. The molecule has 0 atom stereocenters. The molecule has 0 radical (unpaired) electrons. The van der Waals surface area contributed by atoms with Crippen LogP contribution in [-0.4, -0.2) is 31.4 Å². The molecule has 0 bridgehead atoms. The molecule has 1 heterocycles. The molecule has 1 aromatic rings. The standard InChI is InChI=1S/C14H16O5/c1-17-11-5-3-10(4-6-13(15)16)12(9-11)14-18-7-2-8-19-14/h3-6,9,14H,2,7-8H2,1H3,(H,15,16). The van der Waals surface area contributed by atoms with Crippen molar-refractivity contribution in [1.29, 1.82) is 0 Å². The van der Waals surface area contributed by atoms with Gasteiger partial charge in [-0.3, -0.25) is 0 Å². The summed E-state index contributed by atoms with van der Waals surface area (Å²) in [4.78, 5) is 10.6. The maximum atomic E-state index is 10.6. The van der Waals surface area contributed by atoms with Gasteiger partial charge in [-0.25, -0.2) is 4.79 Å². The molecule has 0 aromatic heterocycles. The summed E-state index contributed by atoms with van der Waals surface area (Å²) in [6, 6.07) is 5.36. The van der Waals surface area contributed by atoms with Gasteiger partial charge in [0, 0.05) is 11.6 Å². The molecule has 1 aliphatic rings. The predicted octanol–water partition coefficient (Wildman–Crippen LogP) is 2.23. The molecule has 0 saturated carbocycles. The number of hydrogen-bond donors (Lipinski definition) is 1. The lowest BCUT2D eigenvalue weighted by Crippen LogP contribution is -2.18. The number of benzene rings is 1. The van der Waals surface area contributed by atoms with Gasteiger partial charge in [-0.15, -0.1) is 0 Å². The average molecular weight is 264 g/mol. The molecule has 5 heteroatoms. The first kappa shape index (κ1) is 13.6. The van der Waals surface area contributed by atoms with Gasteiger partial charge < -0.3 is 19.3 Å². The molecule has 1 N–H and O–H groups in total. The van der Waals surface area contributed by atoms with Crippen LogP contribution in [0.2, 0.25) is 0 Å². The molecule has 0 spiro atoms. The first-order chi connectivity index (χ1) is 9.20. The van der Waals surface area contributed by atoms with E-state index in [0.717, 1.165) is 23.6 Å². The second-order valence-corrected chi connectivity index (χ2v) is 4.09. The Hall–Kier alpha value is -1.85. The zero-order valence-corrected chi connectivity index (χ0v) is 10.7. The number of methoxy groups -OCH3 is 1. The van der Waals surface area contributed by atoms with Crippen LogP contribution in [0.1, 0.15) is 23.8 Å². The molecule has 2 rings (SSSR count). The van der Waals surface area contributed by atoms with Crippen LogP contribution in [0.5, 0.6) is 5.75 Å². The minimum Gasteiger partial charge on any atom is -0.497 e. The highest BCUT2D eigenvalue weighted by Crippen LogP contribution is 2.30. The Morgan fingerprint density at radius 3 is 2.79 bits per heavy atom. The van der Waals surface area contributed by atoms with Gasteiger partial charge in [0.2, 0.25) is 0 Å². The molecule has 0 amide bonds. The van der Waals surface area contributed by atoms with E-state index in [9.17, 15) is 4.79 Å². The third-order valence-electron chi connectivity index (χ3n) is 2.78. The summed E-state index contributed by atoms with van der Waals surface area (Å²) in [5, 5.41) is 8.70. The minimum absolute atomic E-state index is 0.475. The molecule has 1 aromatic carbocycles. The van der Waals surface area contributed by atoms with E-state index in [1.807, 2.05) is 0 Å². The van der Waals surface area contributed by atoms with Crippen molar-refractivity contribution in [2.45, 2.75) is 12.7 Å². The summed E-state index contributed by atoms with van der Waals surface area (Å²) in [6.07, 6.45) is 3.00. The molecule has 1 fully saturated rings. The summed E-state index contributed by atoms with van der Waals surface area (Å²) in [5.41, 5.74) is 1.52. The number of aliphatic carboxylic acids is 1. The first-order valence-corrected chi connectivity index (χ1v) is 6.03. The fourth-order valence-corrected chi connectivity index (χ4v) is 1.86. The number of rotatable bonds is 4. The van der Waals surface area contributed by atoms with Crippen LogP contribution < -0.4 is 4.74 Å². The number of carboxylic acid groups (broad SMARTS) is 1. The minimum atomic E-state index is -0.993. The highest BCUT2D eigenvalue weighted by atomic mass is 16.7. The van der Waals surface area contributed by atoms with Gasteiger partial charge in [-0.05, 0) is 30.2 Å². The topological polar surface area (TPSA) is 65.0 Å². The zero-order valence-electron chi connectivity index (χ0n) is 10.7. The van der Waals surface area contributed by atoms with E-state index in [2.05, 4.69) is 0 Å². The summed E-state index contributed by atoms with van der Waals surface area (Å²) in [7, 11) is 1.58. The van der Waals surface area contributed by atoms with Crippen molar-refractivity contribution in [3.05, 3.63) is 35.4 Å². The van der Waals surface area contributed by atoms with Crippen molar-refractivity contribution in [1.82, 2.24) is 0 Å². The highest BCUT2D eigenvalue weighted by Gasteiger charge is 2.19. The van der Waals surface area contributed by atoms with Gasteiger partial charge in [-0.2, -0.15) is 0 Å². The van der Waals surface area contributed by atoms with Gasteiger partial charge >= 0.3 is 5.97 Å². The largest absolute Gasteiger partial charge is 0.497 e. The third-order valence-corrected chi connectivity index (χ3v) is 2.78. The molecule has 1 saturated heterocycles. The van der Waals surface area contributed by atoms with Crippen molar-refractivity contribution in [2.75, 3.05) is 20.3 Å². The Bertz CT molecular complexity index is 475. The van der Waals surface area contributed by atoms with E-state index in [1.165, 1.54) is 6.08 Å². The van der Waals surface area contributed by atoms with Gasteiger partial charge in [0.25, 0.3) is 0 Å². The Morgan fingerprint density at radius 2 is 2.16 bits per heavy atom. The van der Waals surface area contributed by atoms with Crippen molar-refractivity contribution in [2.24, 2.45) is 0 Å². The number of ether oxygens (including phenoxy) is 3. The van der Waals surface area contributed by atoms with Crippen LogP contribution in [0.4, 0.5) is 0 Å². The fraction of sp³-hybridized carbons (Fsp3) is 0.357. The van der Waals surface area contributed by atoms with Crippen LogP contribution in [0, 0.1) is 0 Å². The Morgan fingerprint density at radius 1 is 1.42 bits per heavy atom. The van der Waals surface area contributed by atoms with Crippen molar-refractivity contribution < 1.29 is 24.1 Å². The van der Waals surface area contributed by atoms with Crippen LogP contribution in [0.15, 0.2) is 24.3 Å². The molecule has 19 heavy (non-hydrogen) atoms. The van der Waals surface area contributed by atoms with Gasteiger partial charge in [0.15, 0.2) is 6.29 Å². The Kier molecular flexibility index (Phi) is 4.54. The van der Waals surface area contributed by atoms with E-state index in [-0.39, 0.29) is 0 Å². The molecule has 0 aliphatic carbocycles. The lowest BCUT2D eigenvalue weighted by molar-refractivity contribution is -0.183. The molecular formula is C14H16O5. The van der Waals surface area contributed by atoms with E-state index in [4.69, 9.17) is 19.3 Å². The summed E-state index contributed by atoms with van der Waals surface area (Å²) in [6.45, 7) is 1.26. The fourth-order valence-electron chi connectivity index (χ4n) is 1.86. The van der Waals surface area contributed by atoms with Crippen LogP contribution >= 0.6 is 0 Å². The monoisotopic (exact) mass is 264 g/mol. The van der Waals surface area contributed by atoms with Gasteiger partial charge in [-0.1, -0.05) is 6.07 Å². The van der Waals surface area contributed by atoms with E-state index < -0.39 is 12.3 Å². The molecular weight excluding hydrogens is 248 g/mol. The SMILES string of the molecule is COc1ccc(C=CC(=O)O)c(C2OCCCO2)c1. The van der Waals surface area contributed by atoms with Crippen LogP contribution in [-0.2, 0) is 14.3 Å². The number of carbonyl (C=O) groups is 1. The maximum Gasteiger partial charge on any atom is 0.328 e. The summed E-state index contributed by atoms with van der Waals surface area (Å²) < 4.78 is 16.3. The molecule has 0 unspecified atom stereocenters. The van der Waals surface area contributed by atoms with Gasteiger partial charge in [0.05, 0.1) is 20.3 Å². The smallest absolute Gasteiger partial charge is 0.328 e. The predicted molar refractivity (Wildman–Crippen MR) is 68.9 cm³/mol. The third kappa shape index (κ3) is 3.56. The Labute approximate surface area is 111 Å². The van der Waals surface area contributed by atoms with E-state index in [0.29, 0.717) is 19.0 Å². The quantitative estimate of drug-likeness (QED) is 0.845.